The van der Waals surface area contributed by atoms with Crippen LogP contribution in [-0.2, 0) is 0 Å². The summed E-state index contributed by atoms with van der Waals surface area (Å²) >= 11 is 0. The fourth-order valence-corrected chi connectivity index (χ4v) is 1.42. The molecule has 0 aliphatic carbocycles. The van der Waals surface area contributed by atoms with E-state index in [0.717, 1.165) is 36.8 Å². The molecule has 0 amide bonds. The Morgan fingerprint density at radius 2 is 1.81 bits per heavy atom. The van der Waals surface area contributed by atoms with Crippen LogP contribution in [0.4, 0.5) is 5.69 Å². The highest BCUT2D eigenvalue weighted by Crippen LogP contribution is 2.29. The summed E-state index contributed by atoms with van der Waals surface area (Å²) in [6.45, 7) is 4.93. The van der Waals surface area contributed by atoms with Crippen molar-refractivity contribution in [3.63, 3.8) is 0 Å². The summed E-state index contributed by atoms with van der Waals surface area (Å²) in [4.78, 5) is 0. The Bertz CT molecular complexity index is 316. The van der Waals surface area contributed by atoms with Gasteiger partial charge in [0.15, 0.2) is 11.5 Å². The summed E-state index contributed by atoms with van der Waals surface area (Å²) in [5.41, 5.74) is 1.04. The molecular weight excluding hydrogens is 204 g/mol. The first-order valence-electron chi connectivity index (χ1n) is 5.48. The zero-order valence-electron chi connectivity index (χ0n) is 10.2. The number of hydrogen-bond acceptors (Lipinski definition) is 4. The normalized spacial score (nSPS) is 9.94. The van der Waals surface area contributed by atoms with Crippen molar-refractivity contribution in [2.75, 3.05) is 39.2 Å². The molecule has 1 rings (SSSR count). The summed E-state index contributed by atoms with van der Waals surface area (Å²) in [6, 6.07) is 5.81. The molecule has 90 valence electrons. The van der Waals surface area contributed by atoms with Gasteiger partial charge in [0.1, 0.15) is 0 Å². The number of likely N-dealkylation sites (N-methyl/N-ethyl adjacent to an activating group) is 1. The summed E-state index contributed by atoms with van der Waals surface area (Å²) in [5, 5.41) is 6.56. The van der Waals surface area contributed by atoms with Crippen LogP contribution >= 0.6 is 0 Å². The number of ether oxygens (including phenoxy) is 2. The van der Waals surface area contributed by atoms with Gasteiger partial charge >= 0.3 is 0 Å². The van der Waals surface area contributed by atoms with Gasteiger partial charge in [0, 0.05) is 24.8 Å². The summed E-state index contributed by atoms with van der Waals surface area (Å²) in [5.74, 6) is 1.50. The fourth-order valence-electron chi connectivity index (χ4n) is 1.42. The molecule has 0 spiro atoms. The Labute approximate surface area is 96.9 Å². The van der Waals surface area contributed by atoms with Crippen LogP contribution in [0.2, 0.25) is 0 Å². The number of rotatable bonds is 7. The number of nitrogens with one attached hydrogen (secondary N) is 2. The number of hydrogen-bond donors (Lipinski definition) is 2. The standard InChI is InChI=1S/C12H20N2O2/c1-4-13-7-8-14-10-5-6-11(15-2)12(9-10)16-3/h5-6,9,13-14H,4,7-8H2,1-3H3. The quantitative estimate of drug-likeness (QED) is 0.692. The number of benzene rings is 1. The zero-order chi connectivity index (χ0) is 11.8. The molecule has 0 atom stereocenters. The minimum atomic E-state index is 0.746. The van der Waals surface area contributed by atoms with Crippen LogP contribution < -0.4 is 20.1 Å². The zero-order valence-corrected chi connectivity index (χ0v) is 10.2. The molecule has 0 fully saturated rings. The molecule has 0 saturated carbocycles. The van der Waals surface area contributed by atoms with E-state index in [9.17, 15) is 0 Å². The lowest BCUT2D eigenvalue weighted by Gasteiger charge is -2.11. The minimum Gasteiger partial charge on any atom is -0.493 e. The third kappa shape index (κ3) is 3.62. The third-order valence-corrected chi connectivity index (χ3v) is 2.26. The largest absolute Gasteiger partial charge is 0.493 e. The average molecular weight is 224 g/mol. The first-order chi connectivity index (χ1) is 7.81. The van der Waals surface area contributed by atoms with Crippen LogP contribution in [0.15, 0.2) is 18.2 Å². The van der Waals surface area contributed by atoms with Crippen LogP contribution in [-0.4, -0.2) is 33.9 Å². The molecule has 0 saturated heterocycles. The lowest BCUT2D eigenvalue weighted by Crippen LogP contribution is -2.21. The van der Waals surface area contributed by atoms with Crippen LogP contribution in [0.25, 0.3) is 0 Å². The molecule has 2 N–H and O–H groups in total. The molecule has 0 heterocycles. The summed E-state index contributed by atoms with van der Waals surface area (Å²) in [7, 11) is 3.27. The van der Waals surface area contributed by atoms with Crippen molar-refractivity contribution in [3.05, 3.63) is 18.2 Å². The lowest BCUT2D eigenvalue weighted by molar-refractivity contribution is 0.355. The van der Waals surface area contributed by atoms with E-state index in [-0.39, 0.29) is 0 Å². The lowest BCUT2D eigenvalue weighted by atomic mass is 10.2. The maximum Gasteiger partial charge on any atom is 0.162 e. The maximum atomic E-state index is 5.22. The highest BCUT2D eigenvalue weighted by atomic mass is 16.5. The third-order valence-electron chi connectivity index (χ3n) is 2.26. The predicted octanol–water partition coefficient (Wildman–Crippen LogP) is 1.73. The second-order valence-electron chi connectivity index (χ2n) is 3.35. The van der Waals surface area contributed by atoms with Gasteiger partial charge < -0.3 is 20.1 Å². The molecular formula is C12H20N2O2. The van der Waals surface area contributed by atoms with Crippen molar-refractivity contribution in [2.24, 2.45) is 0 Å². The van der Waals surface area contributed by atoms with Crippen LogP contribution in [0.3, 0.4) is 0 Å². The van der Waals surface area contributed by atoms with E-state index < -0.39 is 0 Å². The first-order valence-corrected chi connectivity index (χ1v) is 5.48. The number of methoxy groups -OCH3 is 2. The van der Waals surface area contributed by atoms with Crippen LogP contribution in [0.1, 0.15) is 6.92 Å². The molecule has 0 bridgehead atoms. The minimum absolute atomic E-state index is 0.746. The van der Waals surface area contributed by atoms with Gasteiger partial charge in [-0.3, -0.25) is 0 Å². The maximum absolute atomic E-state index is 5.22. The Morgan fingerprint density at radius 1 is 1.06 bits per heavy atom. The highest BCUT2D eigenvalue weighted by Gasteiger charge is 2.03. The fraction of sp³-hybridized carbons (Fsp3) is 0.500. The summed E-state index contributed by atoms with van der Waals surface area (Å²) in [6.07, 6.45) is 0. The van der Waals surface area contributed by atoms with Gasteiger partial charge in [-0.05, 0) is 18.7 Å². The smallest absolute Gasteiger partial charge is 0.162 e. The van der Waals surface area contributed by atoms with Crippen LogP contribution in [0.5, 0.6) is 11.5 Å². The van der Waals surface area contributed by atoms with Crippen LogP contribution in [0, 0.1) is 0 Å². The molecule has 4 heteroatoms. The van der Waals surface area contributed by atoms with Crippen molar-refractivity contribution in [3.8, 4) is 11.5 Å². The van der Waals surface area contributed by atoms with E-state index in [1.165, 1.54) is 0 Å². The van der Waals surface area contributed by atoms with E-state index in [4.69, 9.17) is 9.47 Å². The van der Waals surface area contributed by atoms with E-state index in [0.29, 0.717) is 0 Å². The van der Waals surface area contributed by atoms with Gasteiger partial charge in [-0.1, -0.05) is 6.92 Å². The van der Waals surface area contributed by atoms with E-state index in [2.05, 4.69) is 17.6 Å². The van der Waals surface area contributed by atoms with Crippen molar-refractivity contribution < 1.29 is 9.47 Å². The highest BCUT2D eigenvalue weighted by molar-refractivity contribution is 5.54. The molecule has 1 aromatic rings. The monoisotopic (exact) mass is 224 g/mol. The van der Waals surface area contributed by atoms with Gasteiger partial charge in [0.25, 0.3) is 0 Å². The molecule has 0 unspecified atom stereocenters. The predicted molar refractivity (Wildman–Crippen MR) is 66.6 cm³/mol. The molecule has 16 heavy (non-hydrogen) atoms. The first kappa shape index (κ1) is 12.6. The SMILES string of the molecule is CCNCCNc1ccc(OC)c(OC)c1. The van der Waals surface area contributed by atoms with E-state index in [1.54, 1.807) is 14.2 Å². The topological polar surface area (TPSA) is 42.5 Å². The molecule has 0 aromatic heterocycles. The summed E-state index contributed by atoms with van der Waals surface area (Å²) < 4.78 is 10.4. The van der Waals surface area contributed by atoms with Crippen molar-refractivity contribution in [2.45, 2.75) is 6.92 Å². The average Bonchev–Trinajstić information content (AvgIpc) is 2.34. The van der Waals surface area contributed by atoms with Gasteiger partial charge in [0.05, 0.1) is 14.2 Å². The van der Waals surface area contributed by atoms with E-state index in [1.807, 2.05) is 18.2 Å². The van der Waals surface area contributed by atoms with Gasteiger partial charge in [-0.25, -0.2) is 0 Å². The van der Waals surface area contributed by atoms with Crippen molar-refractivity contribution in [1.29, 1.82) is 0 Å². The Morgan fingerprint density at radius 3 is 2.44 bits per heavy atom. The van der Waals surface area contributed by atoms with Crippen molar-refractivity contribution >= 4 is 5.69 Å². The Balaban J connectivity index is 2.54. The Hall–Kier alpha value is -1.42. The molecule has 0 radical (unpaired) electrons. The number of anilines is 1. The molecule has 4 nitrogen and oxygen atoms in total. The Kier molecular flexibility index (Phi) is 5.50. The molecule has 0 aliphatic heterocycles. The second kappa shape index (κ2) is 6.95. The molecule has 0 aliphatic rings. The van der Waals surface area contributed by atoms with Gasteiger partial charge in [-0.2, -0.15) is 0 Å². The van der Waals surface area contributed by atoms with Gasteiger partial charge in [-0.15, -0.1) is 0 Å². The van der Waals surface area contributed by atoms with E-state index >= 15 is 0 Å². The molecule has 1 aromatic carbocycles. The van der Waals surface area contributed by atoms with Gasteiger partial charge in [0.2, 0.25) is 0 Å². The van der Waals surface area contributed by atoms with Crippen molar-refractivity contribution in [1.82, 2.24) is 5.32 Å². The second-order valence-corrected chi connectivity index (χ2v) is 3.35.